The van der Waals surface area contributed by atoms with Crippen LogP contribution in [0.1, 0.15) is 36.5 Å². The van der Waals surface area contributed by atoms with E-state index in [4.69, 9.17) is 9.47 Å². The van der Waals surface area contributed by atoms with Gasteiger partial charge in [0.25, 0.3) is 0 Å². The largest absolute Gasteiger partial charge is 0.493 e. The maximum absolute atomic E-state index is 5.87. The number of hydrogen-bond donors (Lipinski definition) is 0. The number of aryl methyl sites for hydroxylation is 1. The van der Waals surface area contributed by atoms with E-state index in [0.717, 1.165) is 30.8 Å². The normalized spacial score (nSPS) is 10.6. The lowest BCUT2D eigenvalue weighted by molar-refractivity contribution is 0.320. The summed E-state index contributed by atoms with van der Waals surface area (Å²) in [4.78, 5) is 0. The third-order valence-corrected chi connectivity index (χ3v) is 4.63. The first-order valence-electron chi connectivity index (χ1n) is 10.2. The van der Waals surface area contributed by atoms with Crippen molar-refractivity contribution in [3.8, 4) is 11.5 Å². The van der Waals surface area contributed by atoms with Gasteiger partial charge in [0.2, 0.25) is 0 Å². The van der Waals surface area contributed by atoms with Gasteiger partial charge < -0.3 is 9.47 Å². The standard InChI is InChI=1S/C26H29O2/c1-2-3-10-22-19-23(15-17-27-25-11-6-4-7-12-25)21-24(20-22)16-18-28-26-13-8-5-9-14-26/h4-9,11-14,19-20H,2-3,10,15-18H2,1H3. The Labute approximate surface area is 169 Å². The number of ether oxygens (including phenoxy) is 2. The van der Waals surface area contributed by atoms with E-state index in [2.05, 4.69) is 25.1 Å². The quantitative estimate of drug-likeness (QED) is 0.406. The van der Waals surface area contributed by atoms with E-state index in [0.29, 0.717) is 13.2 Å². The van der Waals surface area contributed by atoms with E-state index in [-0.39, 0.29) is 0 Å². The van der Waals surface area contributed by atoms with Gasteiger partial charge in [-0.25, -0.2) is 0 Å². The third-order valence-electron chi connectivity index (χ3n) is 4.63. The summed E-state index contributed by atoms with van der Waals surface area (Å²) in [5.41, 5.74) is 3.84. The minimum atomic E-state index is 0.664. The second kappa shape index (κ2) is 11.2. The van der Waals surface area contributed by atoms with Crippen molar-refractivity contribution >= 4 is 0 Å². The van der Waals surface area contributed by atoms with Crippen LogP contribution in [0, 0.1) is 6.07 Å². The van der Waals surface area contributed by atoms with Crippen LogP contribution in [0.3, 0.4) is 0 Å². The highest BCUT2D eigenvalue weighted by atomic mass is 16.5. The topological polar surface area (TPSA) is 18.5 Å². The summed E-state index contributed by atoms with van der Waals surface area (Å²) in [6.45, 7) is 3.56. The van der Waals surface area contributed by atoms with Crippen molar-refractivity contribution < 1.29 is 9.47 Å². The van der Waals surface area contributed by atoms with Crippen molar-refractivity contribution in [1.82, 2.24) is 0 Å². The zero-order valence-electron chi connectivity index (χ0n) is 16.7. The summed E-state index contributed by atoms with van der Waals surface area (Å²) in [6, 6.07) is 28.1. The highest BCUT2D eigenvalue weighted by Gasteiger charge is 2.04. The van der Waals surface area contributed by atoms with Crippen molar-refractivity contribution in [3.05, 3.63) is 95.6 Å². The SMILES string of the molecule is CCCCc1cc(CCOc2ccccc2)[c]c(CCOc2ccccc2)c1. The Bertz CT molecular complexity index is 749. The van der Waals surface area contributed by atoms with E-state index >= 15 is 0 Å². The summed E-state index contributed by atoms with van der Waals surface area (Å²) < 4.78 is 11.7. The fourth-order valence-corrected chi connectivity index (χ4v) is 3.15. The molecule has 3 aromatic carbocycles. The zero-order valence-corrected chi connectivity index (χ0v) is 16.7. The Morgan fingerprint density at radius 3 is 1.64 bits per heavy atom. The van der Waals surface area contributed by atoms with Gasteiger partial charge in [0.1, 0.15) is 11.5 Å². The van der Waals surface area contributed by atoms with Gasteiger partial charge >= 0.3 is 0 Å². The Hall–Kier alpha value is -2.74. The molecule has 0 saturated heterocycles. The predicted molar refractivity (Wildman–Crippen MR) is 115 cm³/mol. The number of hydrogen-bond acceptors (Lipinski definition) is 2. The predicted octanol–water partition coefficient (Wildman–Crippen LogP) is 6.07. The number of para-hydroxylation sites is 2. The van der Waals surface area contributed by atoms with Crippen LogP contribution in [0.5, 0.6) is 11.5 Å². The molecule has 1 radical (unpaired) electrons. The molecule has 145 valence electrons. The lowest BCUT2D eigenvalue weighted by atomic mass is 9.99. The second-order valence-corrected chi connectivity index (χ2v) is 6.97. The van der Waals surface area contributed by atoms with Crippen LogP contribution >= 0.6 is 0 Å². The average molecular weight is 374 g/mol. The van der Waals surface area contributed by atoms with Crippen molar-refractivity contribution in [2.24, 2.45) is 0 Å². The Balaban J connectivity index is 1.59. The fraction of sp³-hybridized carbons (Fsp3) is 0.308. The molecule has 2 heteroatoms. The van der Waals surface area contributed by atoms with Gasteiger partial charge in [0.05, 0.1) is 13.2 Å². The molecule has 0 unspecified atom stereocenters. The molecule has 2 nitrogen and oxygen atoms in total. The van der Waals surface area contributed by atoms with Gasteiger partial charge in [-0.1, -0.05) is 61.9 Å². The molecule has 0 aromatic heterocycles. The molecule has 3 aromatic rings. The first-order chi connectivity index (χ1) is 13.8. The van der Waals surface area contributed by atoms with Gasteiger partial charge in [0, 0.05) is 12.8 Å². The molecular weight excluding hydrogens is 344 g/mol. The first-order valence-corrected chi connectivity index (χ1v) is 10.2. The van der Waals surface area contributed by atoms with E-state index in [1.165, 1.54) is 29.5 Å². The Kier molecular flexibility index (Phi) is 7.99. The molecule has 3 rings (SSSR count). The molecule has 28 heavy (non-hydrogen) atoms. The molecule has 0 amide bonds. The lowest BCUT2D eigenvalue weighted by Gasteiger charge is -2.11. The highest BCUT2D eigenvalue weighted by molar-refractivity contribution is 5.30. The minimum Gasteiger partial charge on any atom is -0.493 e. The zero-order chi connectivity index (χ0) is 19.4. The third kappa shape index (κ3) is 6.77. The van der Waals surface area contributed by atoms with E-state index in [9.17, 15) is 0 Å². The maximum atomic E-state index is 5.87. The van der Waals surface area contributed by atoms with Gasteiger partial charge in [-0.3, -0.25) is 0 Å². The summed E-state index contributed by atoms with van der Waals surface area (Å²) in [5.74, 6) is 1.84. The van der Waals surface area contributed by atoms with Gasteiger partial charge in [-0.05, 0) is 59.9 Å². The molecule has 0 aliphatic heterocycles. The van der Waals surface area contributed by atoms with Crippen LogP contribution in [0.15, 0.2) is 72.8 Å². The summed E-state index contributed by atoms with van der Waals surface area (Å²) >= 11 is 0. The molecular formula is C26H29O2. The van der Waals surface area contributed by atoms with Crippen LogP contribution in [0.25, 0.3) is 0 Å². The minimum absolute atomic E-state index is 0.664. The summed E-state index contributed by atoms with van der Waals surface area (Å²) in [7, 11) is 0. The molecule has 0 heterocycles. The Morgan fingerprint density at radius 2 is 1.18 bits per heavy atom. The van der Waals surface area contributed by atoms with Crippen LogP contribution < -0.4 is 9.47 Å². The van der Waals surface area contributed by atoms with Crippen molar-refractivity contribution in [2.75, 3.05) is 13.2 Å². The summed E-state index contributed by atoms with van der Waals surface area (Å²) in [6.07, 6.45) is 5.26. The molecule has 0 bridgehead atoms. The monoisotopic (exact) mass is 373 g/mol. The molecule has 0 saturated carbocycles. The number of rotatable bonds is 11. The molecule has 0 atom stereocenters. The van der Waals surface area contributed by atoms with E-state index in [1.807, 2.05) is 60.7 Å². The second-order valence-electron chi connectivity index (χ2n) is 6.97. The van der Waals surface area contributed by atoms with E-state index in [1.54, 1.807) is 0 Å². The van der Waals surface area contributed by atoms with Gasteiger partial charge in [-0.2, -0.15) is 0 Å². The fourth-order valence-electron chi connectivity index (χ4n) is 3.15. The van der Waals surface area contributed by atoms with Crippen LogP contribution in [-0.2, 0) is 19.3 Å². The summed E-state index contributed by atoms with van der Waals surface area (Å²) in [5, 5.41) is 0. The van der Waals surface area contributed by atoms with Crippen molar-refractivity contribution in [2.45, 2.75) is 39.0 Å². The van der Waals surface area contributed by atoms with Gasteiger partial charge in [-0.15, -0.1) is 0 Å². The molecule has 0 aliphatic rings. The smallest absolute Gasteiger partial charge is 0.119 e. The van der Waals surface area contributed by atoms with Crippen molar-refractivity contribution in [3.63, 3.8) is 0 Å². The molecule has 0 aliphatic carbocycles. The average Bonchev–Trinajstić information content (AvgIpc) is 2.74. The van der Waals surface area contributed by atoms with Crippen molar-refractivity contribution in [1.29, 1.82) is 0 Å². The first kappa shape index (κ1) is 20.0. The maximum Gasteiger partial charge on any atom is 0.119 e. The number of unbranched alkanes of at least 4 members (excludes halogenated alkanes) is 1. The highest BCUT2D eigenvalue weighted by Crippen LogP contribution is 2.16. The van der Waals surface area contributed by atoms with Gasteiger partial charge in [0.15, 0.2) is 0 Å². The molecule has 0 spiro atoms. The number of benzene rings is 3. The van der Waals surface area contributed by atoms with Crippen LogP contribution in [0.2, 0.25) is 0 Å². The molecule has 0 fully saturated rings. The lowest BCUT2D eigenvalue weighted by Crippen LogP contribution is -2.06. The van der Waals surface area contributed by atoms with Crippen LogP contribution in [0.4, 0.5) is 0 Å². The van der Waals surface area contributed by atoms with Crippen LogP contribution in [-0.4, -0.2) is 13.2 Å². The van der Waals surface area contributed by atoms with E-state index < -0.39 is 0 Å². The molecule has 0 N–H and O–H groups in total. The Morgan fingerprint density at radius 1 is 0.679 bits per heavy atom.